The van der Waals surface area contributed by atoms with E-state index in [1.165, 1.54) is 5.56 Å². The first-order valence-electron chi connectivity index (χ1n) is 11.0. The maximum atomic E-state index is 12.0. The second-order valence-corrected chi connectivity index (χ2v) is 8.05. The maximum absolute atomic E-state index is 12.0. The topological polar surface area (TPSA) is 94.8 Å². The number of aliphatic imine (C=N–C) groups is 1. The molecule has 0 saturated carbocycles. The van der Waals surface area contributed by atoms with E-state index in [2.05, 4.69) is 25.9 Å². The van der Waals surface area contributed by atoms with Gasteiger partial charge in [-0.05, 0) is 57.8 Å². The number of nitrogens with zero attached hydrogens (tertiary/aromatic N) is 3. The molecule has 1 aromatic heterocycles. The molecule has 1 amide bonds. The molecule has 2 aromatic carbocycles. The van der Waals surface area contributed by atoms with E-state index >= 15 is 0 Å². The van der Waals surface area contributed by atoms with Crippen molar-refractivity contribution in [2.24, 2.45) is 4.99 Å². The van der Waals surface area contributed by atoms with E-state index in [1.807, 2.05) is 81.4 Å². The summed E-state index contributed by atoms with van der Waals surface area (Å²) in [5, 5.41) is 9.45. The third-order valence-corrected chi connectivity index (χ3v) is 4.72. The van der Waals surface area contributed by atoms with Crippen molar-refractivity contribution >= 4 is 17.6 Å². The lowest BCUT2D eigenvalue weighted by atomic mass is 10.1. The summed E-state index contributed by atoms with van der Waals surface area (Å²) < 4.78 is 5.63. The largest absolute Gasteiger partial charge is 0.444 e. The molecule has 0 spiro atoms. The van der Waals surface area contributed by atoms with Gasteiger partial charge in [0.1, 0.15) is 6.26 Å². The third-order valence-electron chi connectivity index (χ3n) is 4.72. The van der Waals surface area contributed by atoms with Gasteiger partial charge < -0.3 is 25.3 Å². The van der Waals surface area contributed by atoms with Crippen molar-refractivity contribution in [3.05, 3.63) is 71.6 Å². The summed E-state index contributed by atoms with van der Waals surface area (Å²) in [6, 6.07) is 15.8. The van der Waals surface area contributed by atoms with Crippen LogP contribution >= 0.6 is 0 Å². The van der Waals surface area contributed by atoms with Crippen molar-refractivity contribution in [3.8, 4) is 11.5 Å². The van der Waals surface area contributed by atoms with Crippen LogP contribution in [0.4, 0.5) is 5.69 Å². The van der Waals surface area contributed by atoms with Crippen molar-refractivity contribution in [3.63, 3.8) is 0 Å². The van der Waals surface area contributed by atoms with Crippen molar-refractivity contribution in [2.45, 2.75) is 26.9 Å². The van der Waals surface area contributed by atoms with Crippen LogP contribution in [-0.4, -0.2) is 48.9 Å². The summed E-state index contributed by atoms with van der Waals surface area (Å²) >= 11 is 0. The van der Waals surface area contributed by atoms with E-state index in [1.54, 1.807) is 6.26 Å². The van der Waals surface area contributed by atoms with Gasteiger partial charge in [0.15, 0.2) is 5.96 Å². The molecule has 3 aromatic rings. The Bertz CT molecular complexity index is 1070. The van der Waals surface area contributed by atoms with Crippen LogP contribution in [0.5, 0.6) is 0 Å². The molecule has 0 fully saturated rings. The minimum absolute atomic E-state index is 0.0479. The fraction of sp³-hybridized carbons (Fsp3) is 0.320. The molecule has 3 rings (SSSR count). The molecule has 0 saturated heterocycles. The highest BCUT2D eigenvalue weighted by Crippen LogP contribution is 2.19. The van der Waals surface area contributed by atoms with E-state index in [9.17, 15) is 4.79 Å². The second-order valence-electron chi connectivity index (χ2n) is 8.05. The fourth-order valence-electron chi connectivity index (χ4n) is 3.14. The summed E-state index contributed by atoms with van der Waals surface area (Å²) in [5.74, 6) is 1.23. The Kier molecular flexibility index (Phi) is 8.60. The summed E-state index contributed by atoms with van der Waals surface area (Å²) in [5.41, 5.74) is 4.70. The number of hydrogen-bond acceptors (Lipinski definition) is 5. The summed E-state index contributed by atoms with van der Waals surface area (Å²) in [6.07, 6.45) is 1.66. The van der Waals surface area contributed by atoms with Crippen molar-refractivity contribution < 1.29 is 9.21 Å². The normalized spacial score (nSPS) is 11.5. The summed E-state index contributed by atoms with van der Waals surface area (Å²) in [4.78, 5) is 23.1. The molecule has 174 valence electrons. The monoisotopic (exact) mass is 448 g/mol. The van der Waals surface area contributed by atoms with Crippen molar-refractivity contribution in [1.82, 2.24) is 20.5 Å². The van der Waals surface area contributed by atoms with Crippen LogP contribution in [0.3, 0.4) is 0 Å². The van der Waals surface area contributed by atoms with Gasteiger partial charge in [0.25, 0.3) is 0 Å². The van der Waals surface area contributed by atoms with Gasteiger partial charge in [-0.25, -0.2) is 9.98 Å². The number of anilines is 1. The Morgan fingerprint density at radius 3 is 2.64 bits per heavy atom. The fourth-order valence-corrected chi connectivity index (χ4v) is 3.14. The minimum Gasteiger partial charge on any atom is -0.444 e. The van der Waals surface area contributed by atoms with Gasteiger partial charge in [0.05, 0.1) is 25.3 Å². The molecule has 0 aliphatic heterocycles. The zero-order valence-electron chi connectivity index (χ0n) is 19.7. The smallest absolute Gasteiger partial charge is 0.238 e. The van der Waals surface area contributed by atoms with Crippen LogP contribution in [0.15, 0.2) is 64.2 Å². The van der Waals surface area contributed by atoms with E-state index in [0.717, 1.165) is 29.1 Å². The van der Waals surface area contributed by atoms with Crippen LogP contribution in [-0.2, 0) is 17.9 Å². The van der Waals surface area contributed by atoms with E-state index in [4.69, 9.17) is 4.42 Å². The number of likely N-dealkylation sites (N-methyl/N-ethyl adjacent to an activating group) is 1. The summed E-state index contributed by atoms with van der Waals surface area (Å²) in [6.45, 7) is 6.10. The lowest BCUT2D eigenvalue weighted by molar-refractivity contribution is -0.116. The molecule has 33 heavy (non-hydrogen) atoms. The number of carbonyl (C=O) groups is 1. The Hall–Kier alpha value is -3.65. The van der Waals surface area contributed by atoms with Crippen molar-refractivity contribution in [2.75, 3.05) is 32.5 Å². The number of aromatic nitrogens is 1. The lowest BCUT2D eigenvalue weighted by Crippen LogP contribution is -2.36. The van der Waals surface area contributed by atoms with Crippen LogP contribution in [0.2, 0.25) is 0 Å². The van der Waals surface area contributed by atoms with E-state index in [-0.39, 0.29) is 5.91 Å². The van der Waals surface area contributed by atoms with Crippen LogP contribution < -0.4 is 16.0 Å². The van der Waals surface area contributed by atoms with E-state index < -0.39 is 0 Å². The average molecular weight is 449 g/mol. The van der Waals surface area contributed by atoms with Crippen molar-refractivity contribution in [1.29, 1.82) is 0 Å². The number of carbonyl (C=O) groups excluding carboxylic acids is 1. The molecule has 0 aliphatic rings. The standard InChI is InChI=1S/C25H32N6O2/c1-5-26-25(27-14-19-7-6-8-21(13-19)29-23(32)16-31(3)4)28-15-22-17-33-24(30-22)20-11-9-18(2)10-12-20/h6-13,17H,5,14-16H2,1-4H3,(H,29,32)(H2,26,27,28). The number of oxazole rings is 1. The number of benzene rings is 2. The molecule has 8 heteroatoms. The first-order valence-corrected chi connectivity index (χ1v) is 11.0. The SMILES string of the molecule is CCNC(=NCc1cccc(NC(=O)CN(C)C)c1)NCc1coc(-c2ccc(C)cc2)n1. The molecule has 1 heterocycles. The predicted octanol–water partition coefficient (Wildman–Crippen LogP) is 3.41. The Morgan fingerprint density at radius 2 is 1.91 bits per heavy atom. The van der Waals surface area contributed by atoms with Gasteiger partial charge >= 0.3 is 0 Å². The number of rotatable bonds is 9. The van der Waals surface area contributed by atoms with E-state index in [0.29, 0.717) is 31.5 Å². The summed E-state index contributed by atoms with van der Waals surface area (Å²) in [7, 11) is 3.73. The van der Waals surface area contributed by atoms with Gasteiger partial charge in [-0.3, -0.25) is 4.79 Å². The lowest BCUT2D eigenvalue weighted by Gasteiger charge is -2.12. The first-order chi connectivity index (χ1) is 15.9. The molecule has 0 bridgehead atoms. The highest BCUT2D eigenvalue weighted by atomic mass is 16.3. The molecule has 3 N–H and O–H groups in total. The molecular weight excluding hydrogens is 416 g/mol. The molecule has 0 radical (unpaired) electrons. The van der Waals surface area contributed by atoms with Gasteiger partial charge in [-0.1, -0.05) is 29.8 Å². The predicted molar refractivity (Wildman–Crippen MR) is 132 cm³/mol. The Labute approximate surface area is 195 Å². The zero-order chi connectivity index (χ0) is 23.6. The maximum Gasteiger partial charge on any atom is 0.238 e. The second kappa shape index (κ2) is 11.8. The minimum atomic E-state index is -0.0479. The number of guanidine groups is 1. The Balaban J connectivity index is 1.59. The van der Waals surface area contributed by atoms with Gasteiger partial charge in [-0.15, -0.1) is 0 Å². The molecule has 8 nitrogen and oxygen atoms in total. The number of amides is 1. The molecule has 0 atom stereocenters. The highest BCUT2D eigenvalue weighted by Gasteiger charge is 2.08. The number of nitrogens with one attached hydrogen (secondary N) is 3. The van der Waals surface area contributed by atoms with Crippen LogP contribution in [0, 0.1) is 6.92 Å². The molecule has 0 aliphatic carbocycles. The van der Waals surface area contributed by atoms with Gasteiger partial charge in [0, 0.05) is 17.8 Å². The molecule has 0 unspecified atom stereocenters. The third kappa shape index (κ3) is 7.76. The first kappa shape index (κ1) is 24.0. The number of hydrogen-bond donors (Lipinski definition) is 3. The van der Waals surface area contributed by atoms with Crippen LogP contribution in [0.1, 0.15) is 23.7 Å². The zero-order valence-corrected chi connectivity index (χ0v) is 19.7. The average Bonchev–Trinajstić information content (AvgIpc) is 3.25. The van der Waals surface area contributed by atoms with Gasteiger partial charge in [-0.2, -0.15) is 0 Å². The quantitative estimate of drug-likeness (QED) is 0.343. The number of aryl methyl sites for hydroxylation is 1. The molecular formula is C25H32N6O2. The highest BCUT2D eigenvalue weighted by molar-refractivity contribution is 5.92. The van der Waals surface area contributed by atoms with Crippen LogP contribution in [0.25, 0.3) is 11.5 Å². The Morgan fingerprint density at radius 1 is 1.12 bits per heavy atom. The van der Waals surface area contributed by atoms with Gasteiger partial charge in [0.2, 0.25) is 11.8 Å².